The Hall–Kier alpha value is -2.45. The van der Waals surface area contributed by atoms with E-state index in [1.807, 2.05) is 0 Å². The van der Waals surface area contributed by atoms with Crippen molar-refractivity contribution in [3.8, 4) is 5.75 Å². The largest absolute Gasteiger partial charge is 0.497 e. The van der Waals surface area contributed by atoms with Crippen molar-refractivity contribution >= 4 is 21.6 Å². The standard InChI is InChI=1S/C20H23FN2O4S/c1-14-5-10-19(18(21)12-14)22-20(24)15-4-3-11-23(13-15)28(25,26)17-8-6-16(27-2)7-9-17/h5-10,12,15H,3-4,11,13H2,1-2H3,(H,22,24). The Morgan fingerprint density at radius 1 is 1.21 bits per heavy atom. The van der Waals surface area contributed by atoms with Gasteiger partial charge in [0.25, 0.3) is 0 Å². The number of hydrogen-bond acceptors (Lipinski definition) is 4. The van der Waals surface area contributed by atoms with E-state index in [-0.39, 0.29) is 23.0 Å². The maximum absolute atomic E-state index is 14.0. The van der Waals surface area contributed by atoms with Gasteiger partial charge in [0.2, 0.25) is 15.9 Å². The quantitative estimate of drug-likeness (QED) is 0.828. The van der Waals surface area contributed by atoms with Crippen molar-refractivity contribution in [2.24, 2.45) is 5.92 Å². The molecule has 1 atom stereocenters. The molecule has 1 aliphatic heterocycles. The number of halogens is 1. The monoisotopic (exact) mass is 406 g/mol. The summed E-state index contributed by atoms with van der Waals surface area (Å²) in [5.74, 6) is -0.860. The number of piperidine rings is 1. The van der Waals surface area contributed by atoms with Crippen molar-refractivity contribution in [3.63, 3.8) is 0 Å². The Balaban J connectivity index is 1.72. The lowest BCUT2D eigenvalue weighted by molar-refractivity contribution is -0.120. The second kappa shape index (κ2) is 8.28. The molecule has 1 unspecified atom stereocenters. The van der Waals surface area contributed by atoms with Crippen LogP contribution in [0.5, 0.6) is 5.75 Å². The summed E-state index contributed by atoms with van der Waals surface area (Å²) in [6.45, 7) is 2.17. The number of anilines is 1. The van der Waals surface area contributed by atoms with E-state index in [2.05, 4.69) is 5.32 Å². The Morgan fingerprint density at radius 2 is 1.93 bits per heavy atom. The van der Waals surface area contributed by atoms with Gasteiger partial charge in [0, 0.05) is 13.1 Å². The first-order valence-electron chi connectivity index (χ1n) is 9.02. The molecule has 0 saturated carbocycles. The maximum Gasteiger partial charge on any atom is 0.243 e. The molecule has 1 saturated heterocycles. The number of aryl methyl sites for hydroxylation is 1. The van der Waals surface area contributed by atoms with E-state index in [1.54, 1.807) is 25.1 Å². The fourth-order valence-electron chi connectivity index (χ4n) is 3.23. The van der Waals surface area contributed by atoms with E-state index in [0.29, 0.717) is 25.1 Å². The van der Waals surface area contributed by atoms with Gasteiger partial charge in [-0.25, -0.2) is 12.8 Å². The molecule has 6 nitrogen and oxygen atoms in total. The van der Waals surface area contributed by atoms with Crippen molar-refractivity contribution in [1.29, 1.82) is 0 Å². The van der Waals surface area contributed by atoms with Crippen molar-refractivity contribution in [2.75, 3.05) is 25.5 Å². The first kappa shape index (κ1) is 20.3. The summed E-state index contributed by atoms with van der Waals surface area (Å²) >= 11 is 0. The van der Waals surface area contributed by atoms with Crippen LogP contribution in [-0.2, 0) is 14.8 Å². The van der Waals surface area contributed by atoms with Gasteiger partial charge >= 0.3 is 0 Å². The van der Waals surface area contributed by atoms with Crippen molar-refractivity contribution < 1.29 is 22.3 Å². The van der Waals surface area contributed by atoms with Crippen LogP contribution < -0.4 is 10.1 Å². The number of carbonyl (C=O) groups is 1. The summed E-state index contributed by atoms with van der Waals surface area (Å²) in [6.07, 6.45) is 1.11. The van der Waals surface area contributed by atoms with Crippen LogP contribution in [0.3, 0.4) is 0 Å². The first-order chi connectivity index (χ1) is 13.3. The molecule has 1 amide bonds. The number of methoxy groups -OCH3 is 1. The molecule has 3 rings (SSSR count). The van der Waals surface area contributed by atoms with Crippen molar-refractivity contribution in [2.45, 2.75) is 24.7 Å². The van der Waals surface area contributed by atoms with Gasteiger partial charge in [-0.1, -0.05) is 6.07 Å². The molecule has 1 N–H and O–H groups in total. The van der Waals surface area contributed by atoms with Crippen molar-refractivity contribution in [3.05, 3.63) is 53.8 Å². The summed E-state index contributed by atoms with van der Waals surface area (Å²) in [5.41, 5.74) is 0.857. The second-order valence-corrected chi connectivity index (χ2v) is 8.79. The third-order valence-electron chi connectivity index (χ3n) is 4.83. The number of hydrogen-bond donors (Lipinski definition) is 1. The molecule has 8 heteroatoms. The fourth-order valence-corrected chi connectivity index (χ4v) is 4.75. The zero-order valence-corrected chi connectivity index (χ0v) is 16.6. The average Bonchev–Trinajstić information content (AvgIpc) is 2.70. The van der Waals surface area contributed by atoms with Crippen LogP contribution in [0.25, 0.3) is 0 Å². The summed E-state index contributed by atoms with van der Waals surface area (Å²) < 4.78 is 46.2. The molecule has 1 heterocycles. The summed E-state index contributed by atoms with van der Waals surface area (Å²) in [7, 11) is -2.21. The van der Waals surface area contributed by atoms with Crippen LogP contribution >= 0.6 is 0 Å². The van der Waals surface area contributed by atoms with Gasteiger partial charge < -0.3 is 10.1 Å². The fraction of sp³-hybridized carbons (Fsp3) is 0.350. The highest BCUT2D eigenvalue weighted by atomic mass is 32.2. The molecule has 28 heavy (non-hydrogen) atoms. The van der Waals surface area contributed by atoms with Gasteiger partial charge in [-0.3, -0.25) is 4.79 Å². The Morgan fingerprint density at radius 3 is 2.57 bits per heavy atom. The zero-order chi connectivity index (χ0) is 20.3. The minimum absolute atomic E-state index is 0.0632. The molecule has 0 aromatic heterocycles. The predicted octanol–water partition coefficient (Wildman–Crippen LogP) is 3.18. The number of nitrogens with one attached hydrogen (secondary N) is 1. The van der Waals surface area contributed by atoms with Crippen LogP contribution in [0, 0.1) is 18.7 Å². The van der Waals surface area contributed by atoms with Gasteiger partial charge in [-0.15, -0.1) is 0 Å². The minimum atomic E-state index is -3.72. The molecule has 0 bridgehead atoms. The molecular weight excluding hydrogens is 383 g/mol. The van der Waals surface area contributed by atoms with Gasteiger partial charge in [-0.2, -0.15) is 4.31 Å². The highest BCUT2D eigenvalue weighted by Crippen LogP contribution is 2.26. The smallest absolute Gasteiger partial charge is 0.243 e. The van der Waals surface area contributed by atoms with E-state index in [1.165, 1.54) is 35.7 Å². The molecule has 2 aromatic rings. The lowest BCUT2D eigenvalue weighted by Gasteiger charge is -2.31. The minimum Gasteiger partial charge on any atom is -0.497 e. The van der Waals surface area contributed by atoms with E-state index < -0.39 is 21.8 Å². The number of rotatable bonds is 5. The van der Waals surface area contributed by atoms with Gasteiger partial charge in [-0.05, 0) is 61.7 Å². The van der Waals surface area contributed by atoms with Gasteiger partial charge in [0.05, 0.1) is 23.6 Å². The lowest BCUT2D eigenvalue weighted by atomic mass is 9.98. The Labute approximate surface area is 164 Å². The SMILES string of the molecule is COc1ccc(S(=O)(=O)N2CCCC(C(=O)Nc3ccc(C)cc3F)C2)cc1. The predicted molar refractivity (Wildman–Crippen MR) is 104 cm³/mol. The van der Waals surface area contributed by atoms with Crippen LogP contribution in [0.15, 0.2) is 47.4 Å². The summed E-state index contributed by atoms with van der Waals surface area (Å²) in [6, 6.07) is 10.7. The van der Waals surface area contributed by atoms with Crippen LogP contribution in [0.4, 0.5) is 10.1 Å². The molecule has 0 spiro atoms. The van der Waals surface area contributed by atoms with Gasteiger partial charge in [0.15, 0.2) is 0 Å². The highest BCUT2D eigenvalue weighted by Gasteiger charge is 2.33. The van der Waals surface area contributed by atoms with E-state index in [0.717, 1.165) is 5.56 Å². The number of nitrogens with zero attached hydrogens (tertiary/aromatic N) is 1. The third-order valence-corrected chi connectivity index (χ3v) is 6.71. The maximum atomic E-state index is 14.0. The molecule has 0 aliphatic carbocycles. The molecule has 150 valence electrons. The van der Waals surface area contributed by atoms with Crippen LogP contribution in [-0.4, -0.2) is 38.8 Å². The summed E-state index contributed by atoms with van der Waals surface area (Å²) in [4.78, 5) is 12.7. The molecule has 0 radical (unpaired) electrons. The highest BCUT2D eigenvalue weighted by molar-refractivity contribution is 7.89. The molecule has 1 aliphatic rings. The second-order valence-electron chi connectivity index (χ2n) is 6.85. The molecule has 1 fully saturated rings. The van der Waals surface area contributed by atoms with E-state index in [9.17, 15) is 17.6 Å². The average molecular weight is 406 g/mol. The third kappa shape index (κ3) is 4.34. The van der Waals surface area contributed by atoms with Crippen molar-refractivity contribution in [1.82, 2.24) is 4.31 Å². The first-order valence-corrected chi connectivity index (χ1v) is 10.5. The number of amides is 1. The molecule has 2 aromatic carbocycles. The Bertz CT molecular complexity index is 961. The van der Waals surface area contributed by atoms with Crippen LogP contribution in [0.2, 0.25) is 0 Å². The number of sulfonamides is 1. The number of carbonyl (C=O) groups excluding carboxylic acids is 1. The normalized spacial score (nSPS) is 17.9. The van der Waals surface area contributed by atoms with E-state index in [4.69, 9.17) is 4.74 Å². The zero-order valence-electron chi connectivity index (χ0n) is 15.8. The van der Waals surface area contributed by atoms with Gasteiger partial charge in [0.1, 0.15) is 11.6 Å². The number of ether oxygens (including phenoxy) is 1. The molecular formula is C20H23FN2O4S. The Kier molecular flexibility index (Phi) is 6.00. The van der Waals surface area contributed by atoms with E-state index >= 15 is 0 Å². The topological polar surface area (TPSA) is 75.7 Å². The lowest BCUT2D eigenvalue weighted by Crippen LogP contribution is -2.43. The van der Waals surface area contributed by atoms with Crippen LogP contribution in [0.1, 0.15) is 18.4 Å². The summed E-state index contributed by atoms with van der Waals surface area (Å²) in [5, 5.41) is 2.58. The number of benzene rings is 2.